The molecule has 1 aliphatic rings. The molecule has 0 unspecified atom stereocenters. The van der Waals surface area contributed by atoms with E-state index in [1.807, 2.05) is 22.9 Å². The van der Waals surface area contributed by atoms with E-state index in [9.17, 15) is 4.79 Å². The summed E-state index contributed by atoms with van der Waals surface area (Å²) in [5, 5.41) is 11.0. The summed E-state index contributed by atoms with van der Waals surface area (Å²) >= 11 is 0. The molecule has 1 saturated heterocycles. The first-order valence-corrected chi connectivity index (χ1v) is 8.54. The molecular weight excluding hydrogens is 316 g/mol. The second kappa shape index (κ2) is 6.98. The third kappa shape index (κ3) is 3.23. The highest BCUT2D eigenvalue weighted by molar-refractivity contribution is 5.94. The van der Waals surface area contributed by atoms with Gasteiger partial charge in [-0.05, 0) is 25.1 Å². The molecule has 2 N–H and O–H groups in total. The first kappa shape index (κ1) is 15.7. The molecule has 2 aromatic heterocycles. The first-order chi connectivity index (χ1) is 12.3. The summed E-state index contributed by atoms with van der Waals surface area (Å²) in [6.07, 6.45) is 4.45. The van der Waals surface area contributed by atoms with Crippen LogP contribution < -0.4 is 10.6 Å². The highest BCUT2D eigenvalue weighted by Gasteiger charge is 2.24. The van der Waals surface area contributed by atoms with Crippen molar-refractivity contribution in [1.82, 2.24) is 30.4 Å². The van der Waals surface area contributed by atoms with Gasteiger partial charge in [0.25, 0.3) is 5.91 Å². The van der Waals surface area contributed by atoms with E-state index in [0.717, 1.165) is 36.4 Å². The van der Waals surface area contributed by atoms with Crippen LogP contribution in [-0.4, -0.2) is 45.3 Å². The highest BCUT2D eigenvalue weighted by Crippen LogP contribution is 2.26. The molecule has 1 amide bonds. The predicted octanol–water partition coefficient (Wildman–Crippen LogP) is 1.33. The van der Waals surface area contributed by atoms with Gasteiger partial charge in [-0.25, -0.2) is 14.6 Å². The average Bonchev–Trinajstić information content (AvgIpc) is 3.30. The van der Waals surface area contributed by atoms with Gasteiger partial charge in [0.05, 0.1) is 12.2 Å². The van der Waals surface area contributed by atoms with E-state index >= 15 is 0 Å². The van der Waals surface area contributed by atoms with Crippen LogP contribution >= 0.6 is 0 Å². The molecule has 0 bridgehead atoms. The van der Waals surface area contributed by atoms with Crippen molar-refractivity contribution in [1.29, 1.82) is 0 Å². The van der Waals surface area contributed by atoms with Crippen LogP contribution in [-0.2, 0) is 6.54 Å². The van der Waals surface area contributed by atoms with E-state index in [-0.39, 0.29) is 5.91 Å². The van der Waals surface area contributed by atoms with E-state index in [0.29, 0.717) is 24.6 Å². The van der Waals surface area contributed by atoms with Gasteiger partial charge in [-0.1, -0.05) is 18.2 Å². The largest absolute Gasteiger partial charge is 0.350 e. The minimum Gasteiger partial charge on any atom is -0.350 e. The molecule has 1 fully saturated rings. The summed E-state index contributed by atoms with van der Waals surface area (Å²) in [6, 6.07) is 9.20. The number of fused-ring (bicyclic) bond motifs is 1. The number of benzene rings is 1. The summed E-state index contributed by atoms with van der Waals surface area (Å²) in [6.45, 7) is 2.98. The lowest BCUT2D eigenvalue weighted by molar-refractivity contribution is 0.0952. The number of carbonyl (C=O) groups is 1. The molecule has 1 aliphatic heterocycles. The fraction of sp³-hybridized carbons (Fsp3) is 0.333. The number of nitrogens with one attached hydrogen (secondary N) is 2. The molecule has 0 aliphatic carbocycles. The molecule has 1 aromatic carbocycles. The van der Waals surface area contributed by atoms with Crippen LogP contribution in [0.3, 0.4) is 0 Å². The topological polar surface area (TPSA) is 84.7 Å². The maximum Gasteiger partial charge on any atom is 0.251 e. The Bertz CT molecular complexity index is 870. The zero-order valence-electron chi connectivity index (χ0n) is 13.9. The number of hydrogen-bond acceptors (Lipinski definition) is 5. The lowest BCUT2D eigenvalue weighted by Gasteiger charge is -2.06. The lowest BCUT2D eigenvalue weighted by atomic mass is 10.0. The number of hydrogen-bond donors (Lipinski definition) is 2. The minimum atomic E-state index is -0.0802. The summed E-state index contributed by atoms with van der Waals surface area (Å²) in [7, 11) is 0. The van der Waals surface area contributed by atoms with E-state index in [4.69, 9.17) is 5.10 Å². The van der Waals surface area contributed by atoms with Gasteiger partial charge >= 0.3 is 0 Å². The number of nitrogens with zero attached hydrogens (tertiary/aromatic N) is 4. The summed E-state index contributed by atoms with van der Waals surface area (Å²) in [5.41, 5.74) is 3.30. The summed E-state index contributed by atoms with van der Waals surface area (Å²) < 4.78 is 1.85. The zero-order chi connectivity index (χ0) is 17.1. The SMILES string of the molecule is O=C(NCCn1nc([C@@H]2CCNC2)c2nccnc21)c1ccccc1. The third-order valence-corrected chi connectivity index (χ3v) is 4.49. The van der Waals surface area contributed by atoms with Crippen molar-refractivity contribution in [3.05, 3.63) is 54.0 Å². The Kier molecular flexibility index (Phi) is 4.39. The van der Waals surface area contributed by atoms with Crippen LogP contribution in [0, 0.1) is 0 Å². The van der Waals surface area contributed by atoms with Gasteiger partial charge < -0.3 is 10.6 Å². The van der Waals surface area contributed by atoms with Crippen molar-refractivity contribution >= 4 is 17.1 Å². The molecule has 3 heterocycles. The van der Waals surface area contributed by atoms with Crippen molar-refractivity contribution in [2.45, 2.75) is 18.9 Å². The van der Waals surface area contributed by atoms with E-state index < -0.39 is 0 Å². The van der Waals surface area contributed by atoms with Crippen molar-refractivity contribution in [3.63, 3.8) is 0 Å². The standard InChI is InChI=1S/C18H20N6O/c25-18(13-4-2-1-3-5-13)22-10-11-24-17-16(20-8-9-21-17)15(23-24)14-6-7-19-12-14/h1-5,8-9,14,19H,6-7,10-12H2,(H,22,25)/t14-/m1/s1. The molecule has 0 radical (unpaired) electrons. The lowest BCUT2D eigenvalue weighted by Crippen LogP contribution is -2.27. The van der Waals surface area contributed by atoms with Crippen LogP contribution in [0.4, 0.5) is 0 Å². The van der Waals surface area contributed by atoms with Gasteiger partial charge in [0, 0.05) is 37.0 Å². The van der Waals surface area contributed by atoms with Gasteiger partial charge in [0.2, 0.25) is 0 Å². The Morgan fingerprint density at radius 3 is 2.88 bits per heavy atom. The predicted molar refractivity (Wildman–Crippen MR) is 94.3 cm³/mol. The Morgan fingerprint density at radius 1 is 1.24 bits per heavy atom. The fourth-order valence-electron chi connectivity index (χ4n) is 3.21. The third-order valence-electron chi connectivity index (χ3n) is 4.49. The highest BCUT2D eigenvalue weighted by atomic mass is 16.1. The molecule has 1 atom stereocenters. The van der Waals surface area contributed by atoms with E-state index in [1.165, 1.54) is 0 Å². The van der Waals surface area contributed by atoms with Crippen LogP contribution in [0.2, 0.25) is 0 Å². The molecule has 25 heavy (non-hydrogen) atoms. The number of rotatable bonds is 5. The summed E-state index contributed by atoms with van der Waals surface area (Å²) in [5.74, 6) is 0.294. The van der Waals surface area contributed by atoms with Gasteiger partial charge in [0.1, 0.15) is 5.52 Å². The van der Waals surface area contributed by atoms with Gasteiger partial charge in [-0.3, -0.25) is 4.79 Å². The minimum absolute atomic E-state index is 0.0802. The average molecular weight is 336 g/mol. The zero-order valence-corrected chi connectivity index (χ0v) is 13.9. The van der Waals surface area contributed by atoms with Crippen LogP contribution in [0.25, 0.3) is 11.2 Å². The van der Waals surface area contributed by atoms with Gasteiger partial charge in [-0.15, -0.1) is 0 Å². The molecule has 0 spiro atoms. The Hall–Kier alpha value is -2.80. The first-order valence-electron chi connectivity index (χ1n) is 8.54. The molecule has 4 rings (SSSR count). The number of carbonyl (C=O) groups excluding carboxylic acids is 1. The fourth-order valence-corrected chi connectivity index (χ4v) is 3.21. The smallest absolute Gasteiger partial charge is 0.251 e. The maximum atomic E-state index is 12.1. The normalized spacial score (nSPS) is 17.0. The Balaban J connectivity index is 1.49. The molecule has 128 valence electrons. The quantitative estimate of drug-likeness (QED) is 0.734. The molecule has 3 aromatic rings. The number of amides is 1. The second-order valence-corrected chi connectivity index (χ2v) is 6.15. The van der Waals surface area contributed by atoms with Crippen molar-refractivity contribution in [2.75, 3.05) is 19.6 Å². The Labute approximate surface area is 145 Å². The van der Waals surface area contributed by atoms with Gasteiger partial charge in [0.15, 0.2) is 5.65 Å². The van der Waals surface area contributed by atoms with Crippen molar-refractivity contribution in [3.8, 4) is 0 Å². The molecule has 7 nitrogen and oxygen atoms in total. The monoisotopic (exact) mass is 336 g/mol. The molecule has 7 heteroatoms. The Morgan fingerprint density at radius 2 is 2.08 bits per heavy atom. The van der Waals surface area contributed by atoms with E-state index in [2.05, 4.69) is 20.6 Å². The second-order valence-electron chi connectivity index (χ2n) is 6.15. The maximum absolute atomic E-state index is 12.1. The molecular formula is C18H20N6O. The number of aromatic nitrogens is 4. The van der Waals surface area contributed by atoms with Gasteiger partial charge in [-0.2, -0.15) is 5.10 Å². The van der Waals surface area contributed by atoms with Crippen molar-refractivity contribution in [2.24, 2.45) is 0 Å². The van der Waals surface area contributed by atoms with Crippen molar-refractivity contribution < 1.29 is 4.79 Å². The van der Waals surface area contributed by atoms with E-state index in [1.54, 1.807) is 24.5 Å². The van der Waals surface area contributed by atoms with Crippen LogP contribution in [0.5, 0.6) is 0 Å². The van der Waals surface area contributed by atoms with Crippen LogP contribution in [0.15, 0.2) is 42.7 Å². The molecule has 0 saturated carbocycles. The summed E-state index contributed by atoms with van der Waals surface area (Å²) in [4.78, 5) is 21.0. The van der Waals surface area contributed by atoms with Crippen LogP contribution in [0.1, 0.15) is 28.4 Å².